The van der Waals surface area contributed by atoms with Gasteiger partial charge in [0, 0.05) is 11.3 Å². The number of phenols is 1. The molecule has 0 heterocycles. The molecule has 6 heteroatoms. The number of halogens is 2. The van der Waals surface area contributed by atoms with E-state index in [1.807, 2.05) is 0 Å². The molecular formula is C16H9Cl2NO3. The van der Waals surface area contributed by atoms with E-state index in [-0.39, 0.29) is 38.2 Å². The second-order valence-corrected chi connectivity index (χ2v) is 5.63. The minimum atomic E-state index is -0.432. The molecule has 0 atom stereocenters. The van der Waals surface area contributed by atoms with Gasteiger partial charge < -0.3 is 10.8 Å². The van der Waals surface area contributed by atoms with Crippen LogP contribution in [0.1, 0.15) is 26.3 Å². The van der Waals surface area contributed by atoms with Gasteiger partial charge in [0.2, 0.25) is 0 Å². The summed E-state index contributed by atoms with van der Waals surface area (Å²) in [6.07, 6.45) is 1.39. The second-order valence-electron chi connectivity index (χ2n) is 4.82. The predicted molar refractivity (Wildman–Crippen MR) is 85.6 cm³/mol. The summed E-state index contributed by atoms with van der Waals surface area (Å²) >= 11 is 11.7. The second kappa shape index (κ2) is 5.16. The van der Waals surface area contributed by atoms with Crippen LogP contribution in [0.15, 0.2) is 35.9 Å². The number of hydrogen-bond acceptors (Lipinski definition) is 4. The molecule has 22 heavy (non-hydrogen) atoms. The topological polar surface area (TPSA) is 80.4 Å². The van der Waals surface area contributed by atoms with Crippen molar-refractivity contribution < 1.29 is 14.7 Å². The molecule has 0 fully saturated rings. The number of hydrogen-bond donors (Lipinski definition) is 2. The lowest BCUT2D eigenvalue weighted by Crippen LogP contribution is -2.01. The van der Waals surface area contributed by atoms with Crippen molar-refractivity contribution in [3.8, 4) is 5.75 Å². The summed E-state index contributed by atoms with van der Waals surface area (Å²) in [7, 11) is 0. The Hall–Kier alpha value is -2.30. The molecule has 110 valence electrons. The third-order valence-corrected chi connectivity index (χ3v) is 3.98. The van der Waals surface area contributed by atoms with Crippen molar-refractivity contribution in [2.45, 2.75) is 0 Å². The minimum absolute atomic E-state index is 0.00859. The minimum Gasteiger partial charge on any atom is -0.505 e. The first-order valence-corrected chi connectivity index (χ1v) is 7.03. The maximum absolute atomic E-state index is 12.4. The molecule has 0 unspecified atom stereocenters. The Kier molecular flexibility index (Phi) is 3.43. The summed E-state index contributed by atoms with van der Waals surface area (Å²) in [5.74, 6) is -1.08. The number of rotatable bonds is 1. The molecule has 0 aromatic heterocycles. The summed E-state index contributed by atoms with van der Waals surface area (Å²) in [6.45, 7) is 0. The van der Waals surface area contributed by atoms with Gasteiger partial charge in [0.15, 0.2) is 17.3 Å². The number of allylic oxidation sites excluding steroid dienone is 1. The first-order chi connectivity index (χ1) is 10.4. The average Bonchev–Trinajstić information content (AvgIpc) is 2.71. The van der Waals surface area contributed by atoms with Gasteiger partial charge in [0.1, 0.15) is 0 Å². The molecule has 1 aliphatic carbocycles. The van der Waals surface area contributed by atoms with Gasteiger partial charge in [0.05, 0.1) is 21.2 Å². The molecule has 0 aliphatic heterocycles. The zero-order chi connectivity index (χ0) is 16.0. The normalized spacial score (nSPS) is 15.5. The number of phenolic OH excluding ortho intramolecular Hbond substituents is 1. The van der Waals surface area contributed by atoms with Crippen LogP contribution in [0.5, 0.6) is 5.75 Å². The number of nitrogen functional groups attached to an aromatic ring is 1. The summed E-state index contributed by atoms with van der Waals surface area (Å²) in [5.41, 5.74) is 6.97. The van der Waals surface area contributed by atoms with Crippen LogP contribution >= 0.6 is 23.2 Å². The van der Waals surface area contributed by atoms with Gasteiger partial charge in [-0.1, -0.05) is 35.3 Å². The van der Waals surface area contributed by atoms with Gasteiger partial charge in [-0.15, -0.1) is 0 Å². The van der Waals surface area contributed by atoms with Crippen molar-refractivity contribution in [2.24, 2.45) is 0 Å². The Bertz CT molecular complexity index is 849. The van der Waals surface area contributed by atoms with E-state index in [4.69, 9.17) is 28.9 Å². The number of nitrogens with two attached hydrogens (primary N) is 1. The molecule has 1 aliphatic rings. The molecule has 0 saturated heterocycles. The van der Waals surface area contributed by atoms with Gasteiger partial charge in [-0.05, 0) is 29.8 Å². The Morgan fingerprint density at radius 3 is 2.27 bits per heavy atom. The van der Waals surface area contributed by atoms with Crippen molar-refractivity contribution in [2.75, 3.05) is 5.73 Å². The summed E-state index contributed by atoms with van der Waals surface area (Å²) in [5, 5.41) is 9.61. The third kappa shape index (κ3) is 2.17. The van der Waals surface area contributed by atoms with Gasteiger partial charge >= 0.3 is 0 Å². The molecule has 0 spiro atoms. The average molecular weight is 334 g/mol. The summed E-state index contributed by atoms with van der Waals surface area (Å²) in [6, 6.07) is 7.59. The zero-order valence-electron chi connectivity index (χ0n) is 11.1. The van der Waals surface area contributed by atoms with Gasteiger partial charge in [0.25, 0.3) is 0 Å². The number of benzene rings is 2. The van der Waals surface area contributed by atoms with E-state index in [9.17, 15) is 14.7 Å². The van der Waals surface area contributed by atoms with E-state index in [2.05, 4.69) is 0 Å². The number of carbonyl (C=O) groups excluding carboxylic acids is 2. The molecule has 0 amide bonds. The SMILES string of the molecule is Nc1cccc2c1C(=O)/C(=C\c1cc(Cl)c(O)c(Cl)c1)C2=O. The van der Waals surface area contributed by atoms with Gasteiger partial charge in [-0.3, -0.25) is 9.59 Å². The zero-order valence-corrected chi connectivity index (χ0v) is 12.6. The first kappa shape index (κ1) is 14.6. The molecule has 3 rings (SSSR count). The lowest BCUT2D eigenvalue weighted by molar-refractivity contribution is 0.0991. The van der Waals surface area contributed by atoms with E-state index in [1.165, 1.54) is 18.2 Å². The smallest absolute Gasteiger partial charge is 0.199 e. The Morgan fingerprint density at radius 1 is 1.05 bits per heavy atom. The Morgan fingerprint density at radius 2 is 1.68 bits per heavy atom. The highest BCUT2D eigenvalue weighted by atomic mass is 35.5. The summed E-state index contributed by atoms with van der Waals surface area (Å²) in [4.78, 5) is 24.7. The fraction of sp³-hybridized carbons (Fsp3) is 0. The van der Waals surface area contributed by atoms with Crippen LogP contribution < -0.4 is 5.73 Å². The number of aromatic hydroxyl groups is 1. The molecule has 2 aromatic rings. The molecule has 0 radical (unpaired) electrons. The van der Waals surface area contributed by atoms with Crippen molar-refractivity contribution in [1.29, 1.82) is 0 Å². The third-order valence-electron chi connectivity index (χ3n) is 3.41. The highest BCUT2D eigenvalue weighted by Gasteiger charge is 2.34. The molecule has 4 nitrogen and oxygen atoms in total. The van der Waals surface area contributed by atoms with Crippen molar-refractivity contribution in [3.05, 3.63) is 62.6 Å². The lowest BCUT2D eigenvalue weighted by Gasteiger charge is -2.02. The fourth-order valence-electron chi connectivity index (χ4n) is 2.36. The monoisotopic (exact) mass is 333 g/mol. The van der Waals surface area contributed by atoms with Crippen LogP contribution in [0.25, 0.3) is 6.08 Å². The van der Waals surface area contributed by atoms with E-state index in [0.717, 1.165) is 0 Å². The highest BCUT2D eigenvalue weighted by molar-refractivity contribution is 6.43. The van der Waals surface area contributed by atoms with Crippen molar-refractivity contribution >= 4 is 46.5 Å². The van der Waals surface area contributed by atoms with Gasteiger partial charge in [-0.25, -0.2) is 0 Å². The van der Waals surface area contributed by atoms with Crippen molar-refractivity contribution in [1.82, 2.24) is 0 Å². The number of ketones is 2. The predicted octanol–water partition coefficient (Wildman–Crippen LogP) is 3.74. The van der Waals surface area contributed by atoms with Crippen LogP contribution in [0.4, 0.5) is 5.69 Å². The van der Waals surface area contributed by atoms with Crippen LogP contribution in [-0.2, 0) is 0 Å². The summed E-state index contributed by atoms with van der Waals surface area (Å²) < 4.78 is 0. The first-order valence-electron chi connectivity index (χ1n) is 6.27. The Labute approximate surface area is 135 Å². The maximum atomic E-state index is 12.4. The number of anilines is 1. The van der Waals surface area contributed by atoms with E-state index < -0.39 is 11.6 Å². The van der Waals surface area contributed by atoms with Crippen LogP contribution in [0.2, 0.25) is 10.0 Å². The van der Waals surface area contributed by atoms with Crippen molar-refractivity contribution in [3.63, 3.8) is 0 Å². The quantitative estimate of drug-likeness (QED) is 0.473. The molecule has 0 saturated carbocycles. The molecular weight excluding hydrogens is 325 g/mol. The van der Waals surface area contributed by atoms with Gasteiger partial charge in [-0.2, -0.15) is 0 Å². The highest BCUT2D eigenvalue weighted by Crippen LogP contribution is 2.35. The lowest BCUT2D eigenvalue weighted by atomic mass is 10.1. The molecule has 0 bridgehead atoms. The number of Topliss-reactive ketones (excluding diaryl/α,β-unsaturated/α-hetero) is 2. The van der Waals surface area contributed by atoms with E-state index in [0.29, 0.717) is 5.56 Å². The van der Waals surface area contributed by atoms with Crippen LogP contribution in [-0.4, -0.2) is 16.7 Å². The maximum Gasteiger partial charge on any atom is 0.199 e. The fourth-order valence-corrected chi connectivity index (χ4v) is 2.87. The van der Waals surface area contributed by atoms with Crippen LogP contribution in [0, 0.1) is 0 Å². The molecule has 2 aromatic carbocycles. The largest absolute Gasteiger partial charge is 0.505 e. The van der Waals surface area contributed by atoms with Crippen LogP contribution in [0.3, 0.4) is 0 Å². The molecule has 3 N–H and O–H groups in total. The number of fused-ring (bicyclic) bond motifs is 1. The Balaban J connectivity index is 2.13. The van der Waals surface area contributed by atoms with E-state index in [1.54, 1.807) is 18.2 Å². The van der Waals surface area contributed by atoms with E-state index >= 15 is 0 Å². The number of carbonyl (C=O) groups is 2. The standard InChI is InChI=1S/C16H9Cl2NO3/c17-10-5-7(6-11(18)16(10)22)4-9-14(20)8-2-1-3-12(19)13(8)15(9)21/h1-6,22H,19H2/b9-4-.